The van der Waals surface area contributed by atoms with E-state index in [4.69, 9.17) is 4.99 Å². The fourth-order valence-electron chi connectivity index (χ4n) is 10.2. The molecule has 1 saturated heterocycles. The lowest BCUT2D eigenvalue weighted by Gasteiger charge is -2.58. The van der Waals surface area contributed by atoms with Gasteiger partial charge >= 0.3 is 0 Å². The van der Waals surface area contributed by atoms with Gasteiger partial charge in [0.2, 0.25) is 0 Å². The maximum atomic E-state index is 12.1. The molecule has 6 rings (SSSR count). The minimum atomic E-state index is 0. The van der Waals surface area contributed by atoms with Crippen LogP contribution in [-0.2, 0) is 4.79 Å². The van der Waals surface area contributed by atoms with E-state index in [1.165, 1.54) is 87.5 Å². The van der Waals surface area contributed by atoms with E-state index in [1.807, 2.05) is 19.9 Å². The van der Waals surface area contributed by atoms with Gasteiger partial charge in [0, 0.05) is 43.2 Å². The Balaban J connectivity index is 0.000000397. The standard InChI is InChI=1S/C29H44N2O.C7H13N.C2H6.CH4/c1-19-16-22(31-18-19)6-5-15-30-20(2)25-9-10-26-24-8-7-21-17-23(32)11-13-28(21,3)27(24)12-14-29(25,26)4;1-2-8-7-5-3-4-6-7;1-2;/h17,22,24-27,31H,1,5-16,18H2,2-4H3;2,7-8H,1,3-6H2;1-2H3;1H4. The van der Waals surface area contributed by atoms with Gasteiger partial charge in [-0.15, -0.1) is 0 Å². The fourth-order valence-corrected chi connectivity index (χ4v) is 10.2. The predicted octanol–water partition coefficient (Wildman–Crippen LogP) is 9.62. The minimum Gasteiger partial charge on any atom is -0.389 e. The number of allylic oxidation sites excluding steroid dienone is 1. The zero-order valence-corrected chi connectivity index (χ0v) is 27.9. The van der Waals surface area contributed by atoms with Crippen LogP contribution in [0.25, 0.3) is 0 Å². The number of aliphatic imine (C=N–C) groups is 1. The molecule has 244 valence electrons. The topological polar surface area (TPSA) is 53.5 Å². The molecule has 4 nitrogen and oxygen atoms in total. The van der Waals surface area contributed by atoms with Gasteiger partial charge in [-0.1, -0.05) is 72.3 Å². The number of fused-ring (bicyclic) bond motifs is 5. The first-order valence-corrected chi connectivity index (χ1v) is 17.8. The van der Waals surface area contributed by atoms with Crippen LogP contribution >= 0.6 is 0 Å². The molecule has 43 heavy (non-hydrogen) atoms. The van der Waals surface area contributed by atoms with Gasteiger partial charge in [-0.2, -0.15) is 0 Å². The first-order valence-electron chi connectivity index (χ1n) is 17.8. The molecule has 4 saturated carbocycles. The van der Waals surface area contributed by atoms with Gasteiger partial charge in [0.25, 0.3) is 0 Å². The van der Waals surface area contributed by atoms with Crippen molar-refractivity contribution in [2.75, 3.05) is 13.1 Å². The highest BCUT2D eigenvalue weighted by Crippen LogP contribution is 2.66. The highest BCUT2D eigenvalue weighted by molar-refractivity contribution is 5.91. The van der Waals surface area contributed by atoms with Crippen molar-refractivity contribution in [1.82, 2.24) is 10.6 Å². The second kappa shape index (κ2) is 16.1. The molecule has 0 aromatic carbocycles. The third-order valence-corrected chi connectivity index (χ3v) is 12.4. The molecule has 0 radical (unpaired) electrons. The van der Waals surface area contributed by atoms with Crippen molar-refractivity contribution in [2.45, 2.75) is 150 Å². The molecule has 1 aliphatic heterocycles. The van der Waals surface area contributed by atoms with E-state index in [9.17, 15) is 4.79 Å². The van der Waals surface area contributed by atoms with Crippen LogP contribution in [0.5, 0.6) is 0 Å². The van der Waals surface area contributed by atoms with Gasteiger partial charge in [0.05, 0.1) is 0 Å². The van der Waals surface area contributed by atoms with Crippen molar-refractivity contribution in [1.29, 1.82) is 0 Å². The number of ketones is 1. The molecule has 6 aliphatic rings. The molecule has 2 N–H and O–H groups in total. The van der Waals surface area contributed by atoms with Gasteiger partial charge in [0.1, 0.15) is 0 Å². The van der Waals surface area contributed by atoms with E-state index in [0.717, 1.165) is 62.6 Å². The molecule has 7 unspecified atom stereocenters. The van der Waals surface area contributed by atoms with Crippen LogP contribution in [0.15, 0.2) is 41.6 Å². The Bertz CT molecular complexity index is 1010. The van der Waals surface area contributed by atoms with Crippen LogP contribution in [0.2, 0.25) is 0 Å². The molecule has 0 spiro atoms. The van der Waals surface area contributed by atoms with E-state index >= 15 is 0 Å². The van der Waals surface area contributed by atoms with E-state index in [2.05, 4.69) is 44.6 Å². The zero-order valence-electron chi connectivity index (χ0n) is 27.9. The number of carbonyl (C=O) groups is 1. The van der Waals surface area contributed by atoms with Gasteiger partial charge in [-0.3, -0.25) is 9.79 Å². The number of carbonyl (C=O) groups excluding carboxylic acids is 1. The summed E-state index contributed by atoms with van der Waals surface area (Å²) in [4.78, 5) is 17.2. The molecular weight excluding hydrogens is 526 g/mol. The van der Waals surface area contributed by atoms with Gasteiger partial charge in [0.15, 0.2) is 5.78 Å². The molecule has 4 heteroatoms. The molecule has 0 amide bonds. The fraction of sp³-hybridized carbons (Fsp3) is 0.795. The maximum Gasteiger partial charge on any atom is 0.155 e. The summed E-state index contributed by atoms with van der Waals surface area (Å²) in [5.74, 6) is 3.54. The molecule has 1 heterocycles. The maximum absolute atomic E-state index is 12.1. The number of nitrogens with one attached hydrogen (secondary N) is 2. The van der Waals surface area contributed by atoms with Crippen LogP contribution in [0, 0.1) is 34.5 Å². The largest absolute Gasteiger partial charge is 0.389 e. The van der Waals surface area contributed by atoms with Crippen LogP contribution < -0.4 is 10.6 Å². The summed E-state index contributed by atoms with van der Waals surface area (Å²) in [7, 11) is 0. The summed E-state index contributed by atoms with van der Waals surface area (Å²) in [6.45, 7) is 21.1. The normalized spacial score (nSPS) is 36.9. The lowest BCUT2D eigenvalue weighted by molar-refractivity contribution is -0.117. The second-order valence-corrected chi connectivity index (χ2v) is 14.7. The van der Waals surface area contributed by atoms with Crippen LogP contribution in [-0.4, -0.2) is 36.7 Å². The van der Waals surface area contributed by atoms with E-state index in [0.29, 0.717) is 28.6 Å². The smallest absolute Gasteiger partial charge is 0.155 e. The van der Waals surface area contributed by atoms with Crippen molar-refractivity contribution >= 4 is 11.5 Å². The Kier molecular flexibility index (Phi) is 13.4. The van der Waals surface area contributed by atoms with Crippen LogP contribution in [0.3, 0.4) is 0 Å². The molecule has 7 atom stereocenters. The molecule has 5 fully saturated rings. The molecule has 0 aromatic heterocycles. The SMILES string of the molecule is C.C=C1CNC(CCCN=C(C)C2CCC3C4CCC5=CC(=O)CCC5(C)C4CCC23C)C1.C=CNC1CCCC1.CC. The predicted molar refractivity (Wildman–Crippen MR) is 187 cm³/mol. The quantitative estimate of drug-likeness (QED) is 0.176. The lowest BCUT2D eigenvalue weighted by atomic mass is 9.46. The first kappa shape index (κ1) is 35.8. The number of rotatable bonds is 7. The summed E-state index contributed by atoms with van der Waals surface area (Å²) < 4.78 is 0. The molecular formula is C39H67N3O. The van der Waals surface area contributed by atoms with Gasteiger partial charge in [-0.25, -0.2) is 0 Å². The van der Waals surface area contributed by atoms with Crippen LogP contribution in [0.1, 0.15) is 138 Å². The van der Waals surface area contributed by atoms with Gasteiger partial charge in [-0.05, 0) is 125 Å². The Morgan fingerprint density at radius 1 is 1.07 bits per heavy atom. The van der Waals surface area contributed by atoms with E-state index in [1.54, 1.807) is 6.20 Å². The Morgan fingerprint density at radius 3 is 2.49 bits per heavy atom. The van der Waals surface area contributed by atoms with Crippen molar-refractivity contribution in [3.05, 3.63) is 36.6 Å². The number of nitrogens with zero attached hydrogens (tertiary/aromatic N) is 1. The number of hydrogen-bond acceptors (Lipinski definition) is 4. The Morgan fingerprint density at radius 2 is 1.81 bits per heavy atom. The van der Waals surface area contributed by atoms with Crippen molar-refractivity contribution in [2.24, 2.45) is 39.5 Å². The molecule has 5 aliphatic carbocycles. The zero-order chi connectivity index (χ0) is 30.3. The molecule has 0 bridgehead atoms. The monoisotopic (exact) mass is 594 g/mol. The molecule has 0 aromatic rings. The average Bonchev–Trinajstić information content (AvgIpc) is 3.73. The van der Waals surface area contributed by atoms with Crippen LogP contribution in [0.4, 0.5) is 0 Å². The van der Waals surface area contributed by atoms with E-state index < -0.39 is 0 Å². The van der Waals surface area contributed by atoms with Crippen molar-refractivity contribution in [3.63, 3.8) is 0 Å². The lowest BCUT2D eigenvalue weighted by Crippen LogP contribution is -2.51. The second-order valence-electron chi connectivity index (χ2n) is 14.7. The summed E-state index contributed by atoms with van der Waals surface area (Å²) in [5, 5.41) is 6.78. The summed E-state index contributed by atoms with van der Waals surface area (Å²) >= 11 is 0. The number of hydrogen-bond donors (Lipinski definition) is 2. The summed E-state index contributed by atoms with van der Waals surface area (Å²) in [5.41, 5.74) is 5.00. The summed E-state index contributed by atoms with van der Waals surface area (Å²) in [6, 6.07) is 1.37. The first-order chi connectivity index (χ1) is 20.2. The van der Waals surface area contributed by atoms with E-state index in [-0.39, 0.29) is 7.43 Å². The third-order valence-electron chi connectivity index (χ3n) is 12.4. The average molecular weight is 594 g/mol. The Hall–Kier alpha value is -1.68. The van der Waals surface area contributed by atoms with Crippen molar-refractivity contribution in [3.8, 4) is 0 Å². The van der Waals surface area contributed by atoms with Crippen molar-refractivity contribution < 1.29 is 4.79 Å². The van der Waals surface area contributed by atoms with Gasteiger partial charge < -0.3 is 10.6 Å². The minimum absolute atomic E-state index is 0. The highest BCUT2D eigenvalue weighted by Gasteiger charge is 2.59. The highest BCUT2D eigenvalue weighted by atomic mass is 16.1. The summed E-state index contributed by atoms with van der Waals surface area (Å²) in [6.07, 6.45) is 22.6. The Labute approximate surface area is 266 Å². The third kappa shape index (κ3) is 7.95.